The first-order valence-corrected chi connectivity index (χ1v) is 4.87. The second kappa shape index (κ2) is 5.97. The Hall–Kier alpha value is -0.570. The van der Waals surface area contributed by atoms with E-state index < -0.39 is 0 Å². The van der Waals surface area contributed by atoms with Crippen molar-refractivity contribution in [1.29, 1.82) is 0 Å². The quantitative estimate of drug-likeness (QED) is 0.678. The molecule has 0 rings (SSSR count). The fraction of sp³-hybridized carbons (Fsp3) is 0.900. The van der Waals surface area contributed by atoms with E-state index in [4.69, 9.17) is 5.11 Å². The first-order valence-electron chi connectivity index (χ1n) is 4.87. The molecule has 1 amide bonds. The average Bonchev–Trinajstić information content (AvgIpc) is 2.01. The summed E-state index contributed by atoms with van der Waals surface area (Å²) in [5.74, 6) is 0.579. The van der Waals surface area contributed by atoms with Gasteiger partial charge in [0.15, 0.2) is 0 Å². The maximum atomic E-state index is 11.3. The fourth-order valence-electron chi connectivity index (χ4n) is 0.984. The van der Waals surface area contributed by atoms with Crippen LogP contribution >= 0.6 is 0 Å². The van der Waals surface area contributed by atoms with Gasteiger partial charge in [0.05, 0.1) is 0 Å². The van der Waals surface area contributed by atoms with Crippen molar-refractivity contribution in [3.05, 3.63) is 0 Å². The lowest BCUT2D eigenvalue weighted by Gasteiger charge is -2.19. The molecule has 0 bridgehead atoms. The molecular weight excluding hydrogens is 166 g/mol. The molecule has 0 aromatic rings. The zero-order chi connectivity index (χ0) is 10.4. The van der Waals surface area contributed by atoms with Gasteiger partial charge in [-0.25, -0.2) is 0 Å². The second-order valence-electron chi connectivity index (χ2n) is 4.11. The molecule has 0 fully saturated rings. The number of nitrogens with one attached hydrogen (secondary N) is 1. The second-order valence-corrected chi connectivity index (χ2v) is 4.11. The van der Waals surface area contributed by atoms with Crippen molar-refractivity contribution >= 4 is 5.91 Å². The zero-order valence-electron chi connectivity index (χ0n) is 9.00. The molecule has 3 heteroatoms. The third kappa shape index (κ3) is 5.64. The van der Waals surface area contributed by atoms with E-state index in [0.29, 0.717) is 12.3 Å². The SMILES string of the molecule is CC(C)CC(=O)NC(C)C(C)CO. The third-order valence-electron chi connectivity index (χ3n) is 2.12. The van der Waals surface area contributed by atoms with E-state index in [2.05, 4.69) is 5.32 Å². The number of amides is 1. The molecule has 0 aliphatic rings. The molecule has 0 heterocycles. The Bertz CT molecular complexity index is 157. The van der Waals surface area contributed by atoms with E-state index in [9.17, 15) is 4.79 Å². The summed E-state index contributed by atoms with van der Waals surface area (Å²) in [5, 5.41) is 11.7. The lowest BCUT2D eigenvalue weighted by Crippen LogP contribution is -2.38. The standard InChI is InChI=1S/C10H21NO2/c1-7(2)5-10(13)11-9(4)8(3)6-12/h7-9,12H,5-6H2,1-4H3,(H,11,13). The topological polar surface area (TPSA) is 49.3 Å². The van der Waals surface area contributed by atoms with Gasteiger partial charge in [0, 0.05) is 19.1 Å². The maximum Gasteiger partial charge on any atom is 0.220 e. The van der Waals surface area contributed by atoms with Crippen LogP contribution in [0.15, 0.2) is 0 Å². The van der Waals surface area contributed by atoms with Crippen LogP contribution in [-0.4, -0.2) is 23.7 Å². The number of carbonyl (C=O) groups excluding carboxylic acids is 1. The van der Waals surface area contributed by atoms with Crippen LogP contribution in [0.3, 0.4) is 0 Å². The predicted molar refractivity (Wildman–Crippen MR) is 53.3 cm³/mol. The van der Waals surface area contributed by atoms with Crippen LogP contribution in [0.5, 0.6) is 0 Å². The van der Waals surface area contributed by atoms with E-state index in [1.165, 1.54) is 0 Å². The van der Waals surface area contributed by atoms with Crippen LogP contribution < -0.4 is 5.32 Å². The van der Waals surface area contributed by atoms with Gasteiger partial charge in [0.25, 0.3) is 0 Å². The highest BCUT2D eigenvalue weighted by Gasteiger charge is 2.14. The molecule has 0 aromatic heterocycles. The molecule has 78 valence electrons. The number of aliphatic hydroxyl groups excluding tert-OH is 1. The number of hydrogen-bond donors (Lipinski definition) is 2. The van der Waals surface area contributed by atoms with Crippen molar-refractivity contribution in [1.82, 2.24) is 5.32 Å². The van der Waals surface area contributed by atoms with E-state index >= 15 is 0 Å². The summed E-state index contributed by atoms with van der Waals surface area (Å²) in [7, 11) is 0. The molecule has 3 nitrogen and oxygen atoms in total. The van der Waals surface area contributed by atoms with Crippen molar-refractivity contribution in [3.8, 4) is 0 Å². The molecule has 0 saturated carbocycles. The highest BCUT2D eigenvalue weighted by atomic mass is 16.3. The Morgan fingerprint density at radius 3 is 2.23 bits per heavy atom. The Kier molecular flexibility index (Phi) is 5.71. The lowest BCUT2D eigenvalue weighted by atomic mass is 10.0. The summed E-state index contributed by atoms with van der Waals surface area (Å²) in [6.45, 7) is 7.97. The molecule has 0 radical (unpaired) electrons. The van der Waals surface area contributed by atoms with Crippen LogP contribution in [0.1, 0.15) is 34.1 Å². The van der Waals surface area contributed by atoms with Gasteiger partial charge in [-0.05, 0) is 18.8 Å². The fourth-order valence-corrected chi connectivity index (χ4v) is 0.984. The molecule has 0 aliphatic heterocycles. The maximum absolute atomic E-state index is 11.3. The molecule has 0 aromatic carbocycles. The number of hydrogen-bond acceptors (Lipinski definition) is 2. The summed E-state index contributed by atoms with van der Waals surface area (Å²) in [6.07, 6.45) is 0.558. The third-order valence-corrected chi connectivity index (χ3v) is 2.12. The van der Waals surface area contributed by atoms with Crippen LogP contribution in [0.4, 0.5) is 0 Å². The van der Waals surface area contributed by atoms with Crippen molar-refractivity contribution < 1.29 is 9.90 Å². The minimum Gasteiger partial charge on any atom is -0.396 e. The Labute approximate surface area is 80.5 Å². The van der Waals surface area contributed by atoms with Gasteiger partial charge in [-0.3, -0.25) is 4.79 Å². The van der Waals surface area contributed by atoms with Crippen LogP contribution in [-0.2, 0) is 4.79 Å². The van der Waals surface area contributed by atoms with Crippen molar-refractivity contribution in [2.45, 2.75) is 40.2 Å². The lowest BCUT2D eigenvalue weighted by molar-refractivity contribution is -0.122. The largest absolute Gasteiger partial charge is 0.396 e. The van der Waals surface area contributed by atoms with Crippen molar-refractivity contribution in [3.63, 3.8) is 0 Å². The van der Waals surface area contributed by atoms with Crippen molar-refractivity contribution in [2.75, 3.05) is 6.61 Å². The molecule has 2 atom stereocenters. The molecule has 0 spiro atoms. The highest BCUT2D eigenvalue weighted by molar-refractivity contribution is 5.76. The Morgan fingerprint density at radius 1 is 1.31 bits per heavy atom. The minimum absolute atomic E-state index is 0.0521. The highest BCUT2D eigenvalue weighted by Crippen LogP contribution is 2.03. The molecule has 0 saturated heterocycles. The Balaban J connectivity index is 3.77. The first-order chi connectivity index (χ1) is 5.97. The number of aliphatic hydroxyl groups is 1. The van der Waals surface area contributed by atoms with Gasteiger partial charge in [0.1, 0.15) is 0 Å². The molecule has 2 N–H and O–H groups in total. The minimum atomic E-state index is 0.0521. The van der Waals surface area contributed by atoms with Gasteiger partial charge in [-0.2, -0.15) is 0 Å². The van der Waals surface area contributed by atoms with Crippen LogP contribution in [0.2, 0.25) is 0 Å². The summed E-state index contributed by atoms with van der Waals surface area (Å²) in [5.41, 5.74) is 0. The number of carbonyl (C=O) groups is 1. The average molecular weight is 187 g/mol. The normalized spacial score (nSPS) is 15.5. The van der Waals surface area contributed by atoms with E-state index in [0.717, 1.165) is 0 Å². The van der Waals surface area contributed by atoms with E-state index in [1.54, 1.807) is 0 Å². The first kappa shape index (κ1) is 12.4. The summed E-state index contributed by atoms with van der Waals surface area (Å²) in [4.78, 5) is 11.3. The molecule has 2 unspecified atom stereocenters. The van der Waals surface area contributed by atoms with Crippen molar-refractivity contribution in [2.24, 2.45) is 11.8 Å². The zero-order valence-corrected chi connectivity index (χ0v) is 9.00. The van der Waals surface area contributed by atoms with Gasteiger partial charge in [-0.1, -0.05) is 20.8 Å². The summed E-state index contributed by atoms with van der Waals surface area (Å²) < 4.78 is 0. The van der Waals surface area contributed by atoms with Crippen LogP contribution in [0, 0.1) is 11.8 Å². The van der Waals surface area contributed by atoms with Gasteiger partial charge >= 0.3 is 0 Å². The van der Waals surface area contributed by atoms with E-state index in [-0.39, 0.29) is 24.5 Å². The summed E-state index contributed by atoms with van der Waals surface area (Å²) in [6, 6.07) is 0.0521. The Morgan fingerprint density at radius 2 is 1.85 bits per heavy atom. The molecule has 13 heavy (non-hydrogen) atoms. The van der Waals surface area contributed by atoms with Crippen LogP contribution in [0.25, 0.3) is 0 Å². The van der Waals surface area contributed by atoms with E-state index in [1.807, 2.05) is 27.7 Å². The summed E-state index contributed by atoms with van der Waals surface area (Å²) >= 11 is 0. The van der Waals surface area contributed by atoms with Gasteiger partial charge < -0.3 is 10.4 Å². The molecular formula is C10H21NO2. The smallest absolute Gasteiger partial charge is 0.220 e. The number of rotatable bonds is 5. The van der Waals surface area contributed by atoms with Gasteiger partial charge in [0.2, 0.25) is 5.91 Å². The van der Waals surface area contributed by atoms with Gasteiger partial charge in [-0.15, -0.1) is 0 Å². The monoisotopic (exact) mass is 187 g/mol. The predicted octanol–water partition coefficient (Wildman–Crippen LogP) is 1.17. The molecule has 0 aliphatic carbocycles.